The van der Waals surface area contributed by atoms with E-state index in [1.807, 2.05) is 39.6 Å². The fraction of sp³-hybridized carbons (Fsp3) is 0.643. The van der Waals surface area contributed by atoms with Crippen molar-refractivity contribution < 1.29 is 4.79 Å². The van der Waals surface area contributed by atoms with Crippen LogP contribution in [0.25, 0.3) is 0 Å². The first kappa shape index (κ1) is 15.0. The predicted octanol–water partition coefficient (Wildman–Crippen LogP) is 2.01. The molecule has 0 bridgehead atoms. The lowest BCUT2D eigenvalue weighted by molar-refractivity contribution is -0.129. The van der Waals surface area contributed by atoms with Crippen molar-refractivity contribution in [1.82, 2.24) is 14.9 Å². The molecular formula is C14H21ClN4O. The quantitative estimate of drug-likeness (QED) is 0.744. The van der Waals surface area contributed by atoms with Crippen LogP contribution >= 0.6 is 11.6 Å². The second-order valence-corrected chi connectivity index (χ2v) is 6.63. The van der Waals surface area contributed by atoms with Gasteiger partial charge in [0.2, 0.25) is 5.91 Å². The van der Waals surface area contributed by atoms with E-state index in [4.69, 9.17) is 11.6 Å². The molecule has 2 rings (SSSR count). The van der Waals surface area contributed by atoms with Gasteiger partial charge in [0, 0.05) is 31.1 Å². The van der Waals surface area contributed by atoms with Crippen molar-refractivity contribution in [3.05, 3.63) is 16.5 Å². The van der Waals surface area contributed by atoms with Crippen molar-refractivity contribution in [2.45, 2.75) is 33.1 Å². The summed E-state index contributed by atoms with van der Waals surface area (Å²) in [7, 11) is 1.82. The molecule has 6 heteroatoms. The van der Waals surface area contributed by atoms with Crippen molar-refractivity contribution in [2.24, 2.45) is 0 Å². The number of hydrogen-bond acceptors (Lipinski definition) is 4. The van der Waals surface area contributed by atoms with Gasteiger partial charge >= 0.3 is 0 Å². The highest BCUT2D eigenvalue weighted by atomic mass is 35.5. The third kappa shape index (κ3) is 2.87. The van der Waals surface area contributed by atoms with Crippen LogP contribution in [0.5, 0.6) is 0 Å². The van der Waals surface area contributed by atoms with Crippen LogP contribution in [0.1, 0.15) is 32.2 Å². The average Bonchev–Trinajstić information content (AvgIpc) is 2.34. The van der Waals surface area contributed by atoms with E-state index in [0.717, 1.165) is 17.9 Å². The first-order valence-electron chi connectivity index (χ1n) is 6.73. The zero-order valence-corrected chi connectivity index (χ0v) is 13.5. The number of amides is 1. The number of nitrogens with zero attached hydrogens (tertiary/aromatic N) is 4. The Hall–Kier alpha value is -1.36. The predicted molar refractivity (Wildman–Crippen MR) is 80.3 cm³/mol. The number of rotatable bonds is 1. The van der Waals surface area contributed by atoms with E-state index in [1.165, 1.54) is 0 Å². The monoisotopic (exact) mass is 296 g/mol. The fourth-order valence-electron chi connectivity index (χ4n) is 2.06. The molecule has 1 saturated heterocycles. The molecule has 110 valence electrons. The number of aromatic nitrogens is 2. The molecule has 0 radical (unpaired) electrons. The van der Waals surface area contributed by atoms with Crippen LogP contribution in [0.4, 0.5) is 5.82 Å². The third-order valence-electron chi connectivity index (χ3n) is 3.49. The van der Waals surface area contributed by atoms with Crippen molar-refractivity contribution >= 4 is 23.3 Å². The van der Waals surface area contributed by atoms with E-state index in [-0.39, 0.29) is 11.3 Å². The molecule has 1 amide bonds. The van der Waals surface area contributed by atoms with Gasteiger partial charge in [-0.25, -0.2) is 9.97 Å². The summed E-state index contributed by atoms with van der Waals surface area (Å²) in [6.07, 6.45) is 0. The summed E-state index contributed by atoms with van der Waals surface area (Å²) in [4.78, 5) is 24.6. The highest BCUT2D eigenvalue weighted by molar-refractivity contribution is 6.30. The van der Waals surface area contributed by atoms with Crippen LogP contribution in [0.3, 0.4) is 0 Å². The highest BCUT2D eigenvalue weighted by Crippen LogP contribution is 2.28. The number of anilines is 1. The lowest BCUT2D eigenvalue weighted by Crippen LogP contribution is -2.49. The molecule has 1 fully saturated rings. The van der Waals surface area contributed by atoms with E-state index in [1.54, 1.807) is 4.90 Å². The van der Waals surface area contributed by atoms with Crippen LogP contribution < -0.4 is 4.90 Å². The van der Waals surface area contributed by atoms with Crippen LogP contribution in [-0.4, -0.2) is 47.5 Å². The summed E-state index contributed by atoms with van der Waals surface area (Å²) in [6, 6.07) is 0. The van der Waals surface area contributed by atoms with Gasteiger partial charge in [-0.1, -0.05) is 32.4 Å². The summed E-state index contributed by atoms with van der Waals surface area (Å²) < 4.78 is 0. The van der Waals surface area contributed by atoms with Gasteiger partial charge in [-0.15, -0.1) is 0 Å². The van der Waals surface area contributed by atoms with Crippen molar-refractivity contribution in [1.29, 1.82) is 0 Å². The van der Waals surface area contributed by atoms with Crippen molar-refractivity contribution in [3.63, 3.8) is 0 Å². The largest absolute Gasteiger partial charge is 0.345 e. The Balaban J connectivity index is 2.41. The Kier molecular flexibility index (Phi) is 3.91. The first-order valence-corrected chi connectivity index (χ1v) is 7.11. The number of carbonyl (C=O) groups excluding carboxylic acids is 1. The Morgan fingerprint density at radius 2 is 1.85 bits per heavy atom. The molecule has 0 atom stereocenters. The minimum Gasteiger partial charge on any atom is -0.345 e. The maximum absolute atomic E-state index is 11.9. The Bertz CT molecular complexity index is 539. The first-order chi connectivity index (χ1) is 9.20. The molecule has 0 aliphatic carbocycles. The van der Waals surface area contributed by atoms with Gasteiger partial charge in [-0.3, -0.25) is 4.79 Å². The minimum atomic E-state index is -0.178. The van der Waals surface area contributed by atoms with E-state index >= 15 is 0 Å². The Morgan fingerprint density at radius 1 is 1.20 bits per heavy atom. The summed E-state index contributed by atoms with van der Waals surface area (Å²) in [5.74, 6) is 1.58. The molecule has 0 spiro atoms. The van der Waals surface area contributed by atoms with Crippen LogP contribution in [0.15, 0.2) is 0 Å². The summed E-state index contributed by atoms with van der Waals surface area (Å²) in [5, 5.41) is 0.464. The van der Waals surface area contributed by atoms with Gasteiger partial charge < -0.3 is 9.80 Å². The smallest absolute Gasteiger partial charge is 0.241 e. The van der Waals surface area contributed by atoms with E-state index in [9.17, 15) is 4.79 Å². The number of halogens is 1. The molecule has 0 unspecified atom stereocenters. The number of piperazine rings is 1. The zero-order chi connectivity index (χ0) is 15.1. The molecule has 1 aromatic rings. The van der Waals surface area contributed by atoms with Gasteiger partial charge in [0.25, 0.3) is 0 Å². The number of hydrogen-bond donors (Lipinski definition) is 0. The molecular weight excluding hydrogens is 276 g/mol. The SMILES string of the molecule is Cc1c(Cl)nc(C(C)(C)C)nc1N1CCN(C)C(=O)C1. The van der Waals surface area contributed by atoms with Gasteiger partial charge in [0.15, 0.2) is 0 Å². The van der Waals surface area contributed by atoms with Gasteiger partial charge in [-0.2, -0.15) is 0 Å². The maximum Gasteiger partial charge on any atom is 0.241 e. The van der Waals surface area contributed by atoms with Crippen molar-refractivity contribution in [3.8, 4) is 0 Å². The second-order valence-electron chi connectivity index (χ2n) is 6.27. The third-order valence-corrected chi connectivity index (χ3v) is 3.86. The lowest BCUT2D eigenvalue weighted by atomic mass is 9.95. The summed E-state index contributed by atoms with van der Waals surface area (Å²) in [6.45, 7) is 9.85. The minimum absolute atomic E-state index is 0.0997. The molecule has 2 heterocycles. The maximum atomic E-state index is 11.9. The Morgan fingerprint density at radius 3 is 2.40 bits per heavy atom. The van der Waals surface area contributed by atoms with Crippen molar-refractivity contribution in [2.75, 3.05) is 31.6 Å². The van der Waals surface area contributed by atoms with Gasteiger partial charge in [0.1, 0.15) is 16.8 Å². The average molecular weight is 297 g/mol. The van der Waals surface area contributed by atoms with E-state index < -0.39 is 0 Å². The molecule has 0 saturated carbocycles. The van der Waals surface area contributed by atoms with Gasteiger partial charge in [0.05, 0.1) is 6.54 Å². The lowest BCUT2D eigenvalue weighted by Gasteiger charge is -2.34. The molecule has 0 N–H and O–H groups in total. The molecule has 5 nitrogen and oxygen atoms in total. The normalized spacial score (nSPS) is 16.8. The molecule has 1 aliphatic rings. The molecule has 1 aromatic heterocycles. The van der Waals surface area contributed by atoms with Crippen LogP contribution in [0.2, 0.25) is 5.15 Å². The fourth-order valence-corrected chi connectivity index (χ4v) is 2.23. The van der Waals surface area contributed by atoms with E-state index in [2.05, 4.69) is 9.97 Å². The van der Waals surface area contributed by atoms with Crippen LogP contribution in [0, 0.1) is 6.92 Å². The zero-order valence-electron chi connectivity index (χ0n) is 12.7. The summed E-state index contributed by atoms with van der Waals surface area (Å²) in [5.41, 5.74) is 0.653. The second kappa shape index (κ2) is 5.20. The molecule has 20 heavy (non-hydrogen) atoms. The van der Waals surface area contributed by atoms with E-state index in [0.29, 0.717) is 24.1 Å². The molecule has 0 aromatic carbocycles. The number of carbonyl (C=O) groups is 1. The summed E-state index contributed by atoms with van der Waals surface area (Å²) >= 11 is 6.24. The standard InChI is InChI=1S/C14H21ClN4O/c1-9-11(15)16-13(14(2,3)4)17-12(9)19-7-6-18(5)10(20)8-19/h6-8H2,1-5H3. The highest BCUT2D eigenvalue weighted by Gasteiger charge is 2.27. The Labute approximate surface area is 124 Å². The van der Waals surface area contributed by atoms with Crippen LogP contribution in [-0.2, 0) is 10.2 Å². The topological polar surface area (TPSA) is 49.3 Å². The molecule has 1 aliphatic heterocycles. The van der Waals surface area contributed by atoms with Gasteiger partial charge in [-0.05, 0) is 6.92 Å². The number of likely N-dealkylation sites (N-methyl/N-ethyl adjacent to an activating group) is 1.